The van der Waals surface area contributed by atoms with E-state index >= 15 is 0 Å². The molecule has 0 aliphatic rings. The van der Waals surface area contributed by atoms with Gasteiger partial charge in [-0.2, -0.15) is 0 Å². The molecule has 0 spiro atoms. The van der Waals surface area contributed by atoms with Gasteiger partial charge in [-0.15, -0.1) is 0 Å². The second-order valence-corrected chi connectivity index (χ2v) is 4.86. The molecule has 0 aliphatic carbocycles. The molecule has 0 saturated carbocycles. The third-order valence-corrected chi connectivity index (χ3v) is 3.15. The molecule has 1 unspecified atom stereocenters. The third kappa shape index (κ3) is 17.0. The maximum absolute atomic E-state index is 10.7. The van der Waals surface area contributed by atoms with Gasteiger partial charge in [-0.3, -0.25) is 0 Å². The molecule has 0 N–H and O–H groups in total. The van der Waals surface area contributed by atoms with E-state index in [1.807, 2.05) is 0 Å². The fourth-order valence-corrected chi connectivity index (χ4v) is 2.03. The first-order valence-electron chi connectivity index (χ1n) is 6.98. The molecule has 0 bridgehead atoms. The molecule has 0 aromatic heterocycles. The Morgan fingerprint density at radius 2 is 1.30 bits per heavy atom. The van der Waals surface area contributed by atoms with Crippen LogP contribution in [0.3, 0.4) is 0 Å². The number of unbranched alkanes of at least 4 members (excludes halogenated alkanes) is 7. The number of hydrogen-bond acceptors (Lipinski definition) is 4. The molecule has 0 rings (SSSR count). The van der Waals surface area contributed by atoms with Gasteiger partial charge in [-0.1, -0.05) is 58.3 Å². The van der Waals surface area contributed by atoms with Crippen molar-refractivity contribution in [3.63, 3.8) is 0 Å². The molecule has 20 heavy (non-hydrogen) atoms. The second kappa shape index (κ2) is 18.0. The average Bonchev–Trinajstić information content (AvgIpc) is 2.30. The molecule has 0 aliphatic heterocycles. The number of hydrogen-bond donors (Lipinski definition) is 0. The minimum Gasteiger partial charge on any atom is -0.550 e. The SMILES string of the molecule is CCCCCCCCCCC(CC(=O)[O-])C(=O)[O-].[Na+].[Na+]. The van der Waals surface area contributed by atoms with E-state index in [-0.39, 0.29) is 59.1 Å². The maximum atomic E-state index is 10.7. The van der Waals surface area contributed by atoms with Gasteiger partial charge in [0.15, 0.2) is 0 Å². The van der Waals surface area contributed by atoms with E-state index in [0.29, 0.717) is 6.42 Å². The summed E-state index contributed by atoms with van der Waals surface area (Å²) < 4.78 is 0. The normalized spacial score (nSPS) is 11.1. The Morgan fingerprint density at radius 1 is 0.850 bits per heavy atom. The van der Waals surface area contributed by atoms with E-state index in [0.717, 1.165) is 19.3 Å². The Labute approximate surface area is 166 Å². The summed E-state index contributed by atoms with van der Waals surface area (Å²) >= 11 is 0. The monoisotopic (exact) mass is 302 g/mol. The van der Waals surface area contributed by atoms with Crippen LogP contribution in [0.1, 0.15) is 71.1 Å². The molecular formula is C14H24Na2O4. The number of carbonyl (C=O) groups is 2. The zero-order valence-corrected chi connectivity index (χ0v) is 17.3. The van der Waals surface area contributed by atoms with E-state index in [1.54, 1.807) is 0 Å². The van der Waals surface area contributed by atoms with Crippen LogP contribution < -0.4 is 69.3 Å². The van der Waals surface area contributed by atoms with Crippen LogP contribution in [0.25, 0.3) is 0 Å². The summed E-state index contributed by atoms with van der Waals surface area (Å²) in [5, 5.41) is 21.0. The smallest absolute Gasteiger partial charge is 0.550 e. The topological polar surface area (TPSA) is 80.3 Å². The van der Waals surface area contributed by atoms with Crippen molar-refractivity contribution in [1.29, 1.82) is 0 Å². The Hall–Kier alpha value is 0.940. The quantitative estimate of drug-likeness (QED) is 0.267. The number of aliphatic carboxylic acids is 2. The first-order valence-corrected chi connectivity index (χ1v) is 6.98. The van der Waals surface area contributed by atoms with Crippen molar-refractivity contribution >= 4 is 11.9 Å². The molecule has 0 aromatic carbocycles. The van der Waals surface area contributed by atoms with Gasteiger partial charge in [0.1, 0.15) is 0 Å². The van der Waals surface area contributed by atoms with Gasteiger partial charge < -0.3 is 19.8 Å². The molecule has 1 atom stereocenters. The standard InChI is InChI=1S/C14H26O4.2Na/c1-2-3-4-5-6-7-8-9-10-12(14(17)18)11-13(15)16;;/h12H,2-11H2,1H3,(H,15,16)(H,17,18);;/q;2*+1/p-2. The molecule has 4 nitrogen and oxygen atoms in total. The van der Waals surface area contributed by atoms with Crippen molar-refractivity contribution < 1.29 is 78.9 Å². The average molecular weight is 302 g/mol. The third-order valence-electron chi connectivity index (χ3n) is 3.15. The molecule has 106 valence electrons. The van der Waals surface area contributed by atoms with Crippen LogP contribution in [0, 0.1) is 5.92 Å². The van der Waals surface area contributed by atoms with Crippen LogP contribution in [0.15, 0.2) is 0 Å². The van der Waals surface area contributed by atoms with Gasteiger partial charge in [-0.25, -0.2) is 0 Å². The van der Waals surface area contributed by atoms with Crippen molar-refractivity contribution in [2.24, 2.45) is 5.92 Å². The van der Waals surface area contributed by atoms with Gasteiger partial charge >= 0.3 is 59.1 Å². The van der Waals surface area contributed by atoms with Crippen LogP contribution in [0.4, 0.5) is 0 Å². The molecule has 0 radical (unpaired) electrons. The fraction of sp³-hybridized carbons (Fsp3) is 0.857. The summed E-state index contributed by atoms with van der Waals surface area (Å²) in [6.07, 6.45) is 8.94. The Balaban J connectivity index is -0.00000144. The van der Waals surface area contributed by atoms with E-state index in [4.69, 9.17) is 0 Å². The molecule has 0 heterocycles. The maximum Gasteiger partial charge on any atom is 1.00 e. The van der Waals surface area contributed by atoms with Gasteiger partial charge in [0.25, 0.3) is 0 Å². The molecule has 0 amide bonds. The summed E-state index contributed by atoms with van der Waals surface area (Å²) in [5.41, 5.74) is 0. The minimum atomic E-state index is -1.32. The van der Waals surface area contributed by atoms with Gasteiger partial charge in [0, 0.05) is 17.9 Å². The molecular weight excluding hydrogens is 278 g/mol. The number of carboxylic acid groups (broad SMARTS) is 2. The number of carbonyl (C=O) groups excluding carboxylic acids is 2. The Bertz CT molecular complexity index is 247. The second-order valence-electron chi connectivity index (χ2n) is 4.86. The summed E-state index contributed by atoms with van der Waals surface area (Å²) in [7, 11) is 0. The number of rotatable bonds is 12. The Morgan fingerprint density at radius 3 is 1.70 bits per heavy atom. The van der Waals surface area contributed by atoms with E-state index in [1.165, 1.54) is 32.1 Å². The van der Waals surface area contributed by atoms with Crippen LogP contribution >= 0.6 is 0 Å². The van der Waals surface area contributed by atoms with E-state index in [2.05, 4.69) is 6.92 Å². The molecule has 0 aromatic rings. The van der Waals surface area contributed by atoms with E-state index < -0.39 is 24.3 Å². The first-order chi connectivity index (χ1) is 8.57. The number of carboxylic acids is 2. The summed E-state index contributed by atoms with van der Waals surface area (Å²) in [6, 6.07) is 0. The zero-order chi connectivity index (χ0) is 13.8. The van der Waals surface area contributed by atoms with Crippen molar-refractivity contribution in [2.75, 3.05) is 0 Å². The summed E-state index contributed by atoms with van der Waals surface area (Å²) in [4.78, 5) is 21.0. The fourth-order valence-electron chi connectivity index (χ4n) is 2.03. The molecule has 0 saturated heterocycles. The minimum absolute atomic E-state index is 0. The van der Waals surface area contributed by atoms with Crippen LogP contribution in [0.5, 0.6) is 0 Å². The Kier molecular flexibility index (Phi) is 23.3. The summed E-state index contributed by atoms with van der Waals surface area (Å²) in [5.74, 6) is -3.49. The molecule has 6 heteroatoms. The van der Waals surface area contributed by atoms with Crippen LogP contribution in [-0.2, 0) is 9.59 Å². The predicted molar refractivity (Wildman–Crippen MR) is 65.3 cm³/mol. The summed E-state index contributed by atoms with van der Waals surface area (Å²) in [6.45, 7) is 2.18. The van der Waals surface area contributed by atoms with Crippen molar-refractivity contribution in [3.05, 3.63) is 0 Å². The van der Waals surface area contributed by atoms with Gasteiger partial charge in [0.05, 0.1) is 0 Å². The van der Waals surface area contributed by atoms with Crippen LogP contribution in [0.2, 0.25) is 0 Å². The van der Waals surface area contributed by atoms with Crippen molar-refractivity contribution in [1.82, 2.24) is 0 Å². The zero-order valence-electron chi connectivity index (χ0n) is 13.3. The first kappa shape index (κ1) is 25.9. The molecule has 0 fully saturated rings. The van der Waals surface area contributed by atoms with E-state index in [9.17, 15) is 19.8 Å². The van der Waals surface area contributed by atoms with Crippen LogP contribution in [-0.4, -0.2) is 11.9 Å². The van der Waals surface area contributed by atoms with Gasteiger partial charge in [0.2, 0.25) is 0 Å². The van der Waals surface area contributed by atoms with Crippen molar-refractivity contribution in [3.8, 4) is 0 Å². The largest absolute Gasteiger partial charge is 1.00 e. The van der Waals surface area contributed by atoms with Gasteiger partial charge in [-0.05, 0) is 12.8 Å². The van der Waals surface area contributed by atoms with Crippen molar-refractivity contribution in [2.45, 2.75) is 71.1 Å². The predicted octanol–water partition coefficient (Wildman–Crippen LogP) is -4.97.